The van der Waals surface area contributed by atoms with Gasteiger partial charge in [-0.2, -0.15) is 0 Å². The van der Waals surface area contributed by atoms with Crippen LogP contribution in [0.25, 0.3) is 21.8 Å². The van der Waals surface area contributed by atoms with Crippen molar-refractivity contribution < 1.29 is 18.3 Å². The summed E-state index contributed by atoms with van der Waals surface area (Å²) in [5.41, 5.74) is 2.87. The average Bonchev–Trinajstić information content (AvgIpc) is 3.27. The Morgan fingerprint density at radius 1 is 1.15 bits per heavy atom. The van der Waals surface area contributed by atoms with E-state index in [-0.39, 0.29) is 4.90 Å². The number of H-pyrrole nitrogens is 1. The molecule has 0 aliphatic carbocycles. The first-order chi connectivity index (χ1) is 16.4. The quantitative estimate of drug-likeness (QED) is 0.374. The second-order valence-corrected chi connectivity index (χ2v) is 10.4. The van der Waals surface area contributed by atoms with Gasteiger partial charge in [-0.05, 0) is 67.7 Å². The number of aromatic nitrogens is 2. The van der Waals surface area contributed by atoms with Crippen LogP contribution in [-0.4, -0.2) is 60.5 Å². The number of hydrogen-bond donors (Lipinski definition) is 3. The van der Waals surface area contributed by atoms with Crippen LogP contribution in [0.4, 0.5) is 0 Å². The SMILES string of the molecule is O=C(O)c1ccc2[nH]cc(C3CCN(CCNS(=O)(=O)c4cccc5cccnc45)CC3)c2c1. The number of rotatable bonds is 7. The molecule has 0 spiro atoms. The van der Waals surface area contributed by atoms with Crippen LogP contribution in [-0.2, 0) is 10.0 Å². The van der Waals surface area contributed by atoms with E-state index in [2.05, 4.69) is 19.6 Å². The number of hydrogen-bond acceptors (Lipinski definition) is 5. The number of carboxylic acid groups (broad SMARTS) is 1. The Hall–Kier alpha value is -3.27. The van der Waals surface area contributed by atoms with E-state index in [4.69, 9.17) is 0 Å². The van der Waals surface area contributed by atoms with Crippen molar-refractivity contribution in [1.29, 1.82) is 0 Å². The lowest BCUT2D eigenvalue weighted by Crippen LogP contribution is -2.39. The molecule has 0 saturated carbocycles. The van der Waals surface area contributed by atoms with Gasteiger partial charge in [0.25, 0.3) is 0 Å². The Bertz CT molecular complexity index is 1450. The van der Waals surface area contributed by atoms with Crippen LogP contribution in [0.5, 0.6) is 0 Å². The van der Waals surface area contributed by atoms with Crippen LogP contribution in [0.15, 0.2) is 65.8 Å². The molecule has 1 saturated heterocycles. The van der Waals surface area contributed by atoms with Crippen LogP contribution in [0, 0.1) is 0 Å². The molecule has 0 bridgehead atoms. The summed E-state index contributed by atoms with van der Waals surface area (Å²) in [5.74, 6) is -0.585. The molecule has 1 aliphatic rings. The summed E-state index contributed by atoms with van der Waals surface area (Å²) < 4.78 is 28.5. The maximum atomic E-state index is 12.9. The van der Waals surface area contributed by atoms with E-state index in [1.165, 1.54) is 0 Å². The van der Waals surface area contributed by atoms with Gasteiger partial charge in [0.15, 0.2) is 0 Å². The summed E-state index contributed by atoms with van der Waals surface area (Å²) in [6.45, 7) is 2.66. The minimum absolute atomic E-state index is 0.198. The molecule has 3 N–H and O–H groups in total. The molecule has 1 fully saturated rings. The summed E-state index contributed by atoms with van der Waals surface area (Å²) in [7, 11) is -3.66. The highest BCUT2D eigenvalue weighted by molar-refractivity contribution is 7.89. The van der Waals surface area contributed by atoms with Gasteiger partial charge in [-0.25, -0.2) is 17.9 Å². The Morgan fingerprint density at radius 2 is 1.94 bits per heavy atom. The number of carbonyl (C=O) groups is 1. The summed E-state index contributed by atoms with van der Waals surface area (Å²) in [6, 6.07) is 14.0. The van der Waals surface area contributed by atoms with Gasteiger partial charge in [0, 0.05) is 41.8 Å². The number of likely N-dealkylation sites (tertiary alicyclic amines) is 1. The zero-order valence-electron chi connectivity index (χ0n) is 18.6. The first kappa shape index (κ1) is 22.5. The molecule has 0 radical (unpaired) electrons. The Labute approximate surface area is 197 Å². The first-order valence-corrected chi connectivity index (χ1v) is 12.8. The zero-order valence-corrected chi connectivity index (χ0v) is 19.4. The van der Waals surface area contributed by atoms with E-state index < -0.39 is 16.0 Å². The number of nitrogens with one attached hydrogen (secondary N) is 2. The van der Waals surface area contributed by atoms with Crippen molar-refractivity contribution in [2.24, 2.45) is 0 Å². The van der Waals surface area contributed by atoms with Crippen LogP contribution in [0.2, 0.25) is 0 Å². The summed E-state index contributed by atoms with van der Waals surface area (Å²) in [6.07, 6.45) is 5.46. The van der Waals surface area contributed by atoms with Crippen LogP contribution in [0.3, 0.4) is 0 Å². The largest absolute Gasteiger partial charge is 0.478 e. The zero-order chi connectivity index (χ0) is 23.7. The Kier molecular flexibility index (Phi) is 6.07. The van der Waals surface area contributed by atoms with Gasteiger partial charge in [0.2, 0.25) is 10.0 Å². The average molecular weight is 479 g/mol. The third-order valence-electron chi connectivity index (χ3n) is 6.59. The highest BCUT2D eigenvalue weighted by Gasteiger charge is 2.24. The first-order valence-electron chi connectivity index (χ1n) is 11.3. The molecule has 176 valence electrons. The predicted octanol–water partition coefficient (Wildman–Crippen LogP) is 3.57. The van der Waals surface area contributed by atoms with E-state index in [0.29, 0.717) is 30.1 Å². The molecule has 1 aliphatic heterocycles. The van der Waals surface area contributed by atoms with Crippen molar-refractivity contribution in [3.05, 3.63) is 72.1 Å². The van der Waals surface area contributed by atoms with Crippen molar-refractivity contribution in [3.63, 3.8) is 0 Å². The lowest BCUT2D eigenvalue weighted by Gasteiger charge is -2.32. The summed E-state index contributed by atoms with van der Waals surface area (Å²) >= 11 is 0. The molecule has 9 heteroatoms. The van der Waals surface area contributed by atoms with Crippen LogP contribution in [0.1, 0.15) is 34.7 Å². The molecule has 4 aromatic rings. The molecule has 3 heterocycles. The van der Waals surface area contributed by atoms with Gasteiger partial charge in [0.05, 0.1) is 11.1 Å². The fourth-order valence-electron chi connectivity index (χ4n) is 4.79. The maximum absolute atomic E-state index is 12.9. The number of nitrogens with zero attached hydrogens (tertiary/aromatic N) is 2. The monoisotopic (exact) mass is 478 g/mol. The topological polar surface area (TPSA) is 115 Å². The van der Waals surface area contributed by atoms with Crippen LogP contribution < -0.4 is 4.72 Å². The number of sulfonamides is 1. The number of fused-ring (bicyclic) bond motifs is 2. The van der Waals surface area contributed by atoms with Crippen molar-refractivity contribution in [2.45, 2.75) is 23.7 Å². The lowest BCUT2D eigenvalue weighted by molar-refractivity contribution is 0.0697. The van der Waals surface area contributed by atoms with Crippen molar-refractivity contribution in [3.8, 4) is 0 Å². The Morgan fingerprint density at radius 3 is 2.74 bits per heavy atom. The van der Waals surface area contributed by atoms with Gasteiger partial charge in [-0.1, -0.05) is 18.2 Å². The number of para-hydroxylation sites is 1. The second-order valence-electron chi connectivity index (χ2n) is 8.65. The molecule has 0 unspecified atom stereocenters. The fraction of sp³-hybridized carbons (Fsp3) is 0.280. The number of aromatic carboxylic acids is 1. The molecule has 5 rings (SSSR count). The molecule has 8 nitrogen and oxygen atoms in total. The van der Waals surface area contributed by atoms with Crippen LogP contribution >= 0.6 is 0 Å². The minimum atomic E-state index is -3.66. The third kappa shape index (κ3) is 4.42. The van der Waals surface area contributed by atoms with Crippen molar-refractivity contribution in [2.75, 3.05) is 26.2 Å². The molecule has 0 amide bonds. The molecule has 0 atom stereocenters. The molecular weight excluding hydrogens is 452 g/mol. The second kappa shape index (κ2) is 9.17. The normalized spacial score (nSPS) is 15.8. The number of piperidine rings is 1. The predicted molar refractivity (Wildman–Crippen MR) is 131 cm³/mol. The van der Waals surface area contributed by atoms with E-state index in [1.54, 1.807) is 36.5 Å². The summed E-state index contributed by atoms with van der Waals surface area (Å²) in [5, 5.41) is 11.1. The summed E-state index contributed by atoms with van der Waals surface area (Å²) in [4.78, 5) is 21.3. The maximum Gasteiger partial charge on any atom is 0.335 e. The Balaban J connectivity index is 1.19. The van der Waals surface area contributed by atoms with Gasteiger partial charge in [-0.15, -0.1) is 0 Å². The standard InChI is InChI=1S/C25H26N4O4S/c30-25(31)19-6-7-22-20(15-19)21(16-27-22)17-8-12-29(13-9-17)14-11-28-34(32,33)23-5-1-3-18-4-2-10-26-24(18)23/h1-7,10,15-17,27-28H,8-9,11-14H2,(H,30,31). The smallest absolute Gasteiger partial charge is 0.335 e. The minimum Gasteiger partial charge on any atom is -0.478 e. The number of pyridine rings is 1. The van der Waals surface area contributed by atoms with Gasteiger partial charge < -0.3 is 15.0 Å². The van der Waals surface area contributed by atoms with Gasteiger partial charge >= 0.3 is 5.97 Å². The van der Waals surface area contributed by atoms with E-state index >= 15 is 0 Å². The van der Waals surface area contributed by atoms with Crippen molar-refractivity contribution >= 4 is 37.8 Å². The molecule has 2 aromatic heterocycles. The molecular formula is C25H26N4O4S. The number of aromatic amines is 1. The van der Waals surface area contributed by atoms with E-state index in [1.807, 2.05) is 24.4 Å². The highest BCUT2D eigenvalue weighted by atomic mass is 32.2. The molecule has 2 aromatic carbocycles. The lowest BCUT2D eigenvalue weighted by atomic mass is 9.89. The fourth-order valence-corrected chi connectivity index (χ4v) is 5.99. The van der Waals surface area contributed by atoms with E-state index in [9.17, 15) is 18.3 Å². The molecule has 34 heavy (non-hydrogen) atoms. The van der Waals surface area contributed by atoms with E-state index in [0.717, 1.165) is 47.8 Å². The van der Waals surface area contributed by atoms with Gasteiger partial charge in [0.1, 0.15) is 4.90 Å². The number of carboxylic acids is 1. The third-order valence-corrected chi connectivity index (χ3v) is 8.09. The van der Waals surface area contributed by atoms with Crippen molar-refractivity contribution in [1.82, 2.24) is 19.6 Å². The van der Waals surface area contributed by atoms with Gasteiger partial charge in [-0.3, -0.25) is 4.98 Å². The highest BCUT2D eigenvalue weighted by Crippen LogP contribution is 2.33. The number of benzene rings is 2.